The average Bonchev–Trinajstić information content (AvgIpc) is 2.33. The summed E-state index contributed by atoms with van der Waals surface area (Å²) < 4.78 is 26.5. The molecule has 0 bridgehead atoms. The lowest BCUT2D eigenvalue weighted by Crippen LogP contribution is -2.09. The molecule has 0 aromatic heterocycles. The van der Waals surface area contributed by atoms with Gasteiger partial charge in [0, 0.05) is 5.75 Å². The van der Waals surface area contributed by atoms with Crippen LogP contribution >= 0.6 is 0 Å². The first kappa shape index (κ1) is 14.9. The Morgan fingerprint density at radius 2 is 2.11 bits per heavy atom. The fraction of sp³-hybridized carbons (Fsp3) is 0.462. The number of ether oxygens (including phenoxy) is 1. The molecule has 1 unspecified atom stereocenters. The molecule has 0 saturated heterocycles. The molecule has 0 amide bonds. The lowest BCUT2D eigenvalue weighted by atomic mass is 9.95. The van der Waals surface area contributed by atoms with Gasteiger partial charge < -0.3 is 9.29 Å². The van der Waals surface area contributed by atoms with Crippen LogP contribution in [-0.4, -0.2) is 21.8 Å². The van der Waals surface area contributed by atoms with Crippen molar-refractivity contribution in [1.29, 1.82) is 0 Å². The van der Waals surface area contributed by atoms with Gasteiger partial charge in [0.05, 0.1) is 12.7 Å². The number of benzene rings is 1. The van der Waals surface area contributed by atoms with Crippen LogP contribution in [0.1, 0.15) is 40.4 Å². The van der Waals surface area contributed by atoms with Gasteiger partial charge in [0.15, 0.2) is 0 Å². The molecule has 0 aliphatic carbocycles. The molecular formula is C13H17O4S-. The minimum Gasteiger partial charge on any atom is -0.772 e. The van der Waals surface area contributed by atoms with Gasteiger partial charge in [-0.25, -0.2) is 4.79 Å². The monoisotopic (exact) mass is 269 g/mol. The van der Waals surface area contributed by atoms with Gasteiger partial charge in [-0.15, -0.1) is 0 Å². The molecule has 0 heterocycles. The molecule has 0 aliphatic rings. The number of esters is 1. The molecule has 0 radical (unpaired) electrons. The van der Waals surface area contributed by atoms with E-state index in [-0.39, 0.29) is 5.75 Å². The van der Waals surface area contributed by atoms with Crippen LogP contribution < -0.4 is 0 Å². The summed E-state index contributed by atoms with van der Waals surface area (Å²) in [5.41, 5.74) is 2.81. The summed E-state index contributed by atoms with van der Waals surface area (Å²) in [5, 5.41) is 0. The highest BCUT2D eigenvalue weighted by Gasteiger charge is 2.15. The zero-order valence-electron chi connectivity index (χ0n) is 10.8. The molecule has 1 atom stereocenters. The highest BCUT2D eigenvalue weighted by molar-refractivity contribution is 7.78. The minimum absolute atomic E-state index is 0.0635. The molecule has 1 aromatic carbocycles. The highest BCUT2D eigenvalue weighted by atomic mass is 32.2. The van der Waals surface area contributed by atoms with E-state index in [0.29, 0.717) is 16.7 Å². The van der Waals surface area contributed by atoms with Crippen LogP contribution in [0.25, 0.3) is 0 Å². The summed E-state index contributed by atoms with van der Waals surface area (Å²) in [4.78, 5) is 11.6. The Bertz CT molecular complexity index is 468. The van der Waals surface area contributed by atoms with Crippen LogP contribution in [0.5, 0.6) is 0 Å². The summed E-state index contributed by atoms with van der Waals surface area (Å²) in [7, 11) is 1.31. The van der Waals surface area contributed by atoms with Crippen molar-refractivity contribution in [3.63, 3.8) is 0 Å². The van der Waals surface area contributed by atoms with Gasteiger partial charge >= 0.3 is 5.97 Å². The lowest BCUT2D eigenvalue weighted by molar-refractivity contribution is 0.0599. The Kier molecular flexibility index (Phi) is 5.50. The van der Waals surface area contributed by atoms with Crippen LogP contribution in [0.2, 0.25) is 0 Å². The van der Waals surface area contributed by atoms with Crippen LogP contribution in [0.3, 0.4) is 0 Å². The fourth-order valence-electron chi connectivity index (χ4n) is 1.97. The lowest BCUT2D eigenvalue weighted by Gasteiger charge is -2.16. The van der Waals surface area contributed by atoms with Crippen molar-refractivity contribution in [1.82, 2.24) is 0 Å². The normalized spacial score (nSPS) is 12.2. The average molecular weight is 269 g/mol. The van der Waals surface area contributed by atoms with Crippen molar-refractivity contribution >= 4 is 17.0 Å². The number of hydrogen-bond acceptors (Lipinski definition) is 4. The second kappa shape index (κ2) is 6.66. The number of hydrogen-bond donors (Lipinski definition) is 0. The predicted molar refractivity (Wildman–Crippen MR) is 69.1 cm³/mol. The van der Waals surface area contributed by atoms with E-state index < -0.39 is 17.0 Å². The van der Waals surface area contributed by atoms with Crippen LogP contribution in [0.4, 0.5) is 0 Å². The van der Waals surface area contributed by atoms with Crippen molar-refractivity contribution in [3.8, 4) is 0 Å². The van der Waals surface area contributed by atoms with Gasteiger partial charge in [0.1, 0.15) is 0 Å². The van der Waals surface area contributed by atoms with Crippen LogP contribution in [0.15, 0.2) is 12.1 Å². The summed E-state index contributed by atoms with van der Waals surface area (Å²) in [6.45, 7) is 3.79. The van der Waals surface area contributed by atoms with Crippen LogP contribution in [-0.2, 0) is 28.0 Å². The van der Waals surface area contributed by atoms with Crippen molar-refractivity contribution in [2.75, 3.05) is 7.11 Å². The molecule has 1 aromatic rings. The number of rotatable bonds is 5. The third kappa shape index (κ3) is 3.40. The topological polar surface area (TPSA) is 66.4 Å². The van der Waals surface area contributed by atoms with Gasteiger partial charge in [-0.05, 0) is 36.1 Å². The van der Waals surface area contributed by atoms with Gasteiger partial charge in [0.25, 0.3) is 0 Å². The van der Waals surface area contributed by atoms with E-state index >= 15 is 0 Å². The van der Waals surface area contributed by atoms with E-state index in [0.717, 1.165) is 18.4 Å². The number of methoxy groups -OCH3 is 1. The predicted octanol–water partition coefficient (Wildman–Crippen LogP) is 2.11. The standard InChI is InChI=1S/C13H18O4S/c1-4-5-10-6-7-11(13(14)17-3)9(2)12(10)8-18(15)16/h6-7H,4-5,8H2,1-3H3,(H,15,16)/p-1. The zero-order valence-corrected chi connectivity index (χ0v) is 11.6. The molecule has 0 spiro atoms. The Morgan fingerprint density at radius 3 is 2.61 bits per heavy atom. The molecule has 0 aliphatic heterocycles. The summed E-state index contributed by atoms with van der Waals surface area (Å²) in [5.74, 6) is -0.500. The number of carbonyl (C=O) groups is 1. The Balaban J connectivity index is 3.29. The van der Waals surface area contributed by atoms with E-state index in [1.165, 1.54) is 7.11 Å². The first-order chi connectivity index (χ1) is 8.51. The first-order valence-corrected chi connectivity index (χ1v) is 7.01. The fourth-order valence-corrected chi connectivity index (χ4v) is 2.60. The molecule has 0 N–H and O–H groups in total. The maximum Gasteiger partial charge on any atom is 0.338 e. The maximum atomic E-state index is 11.6. The Morgan fingerprint density at radius 1 is 1.44 bits per heavy atom. The van der Waals surface area contributed by atoms with Gasteiger partial charge in [-0.1, -0.05) is 30.5 Å². The molecule has 100 valence electrons. The van der Waals surface area contributed by atoms with Crippen molar-refractivity contribution in [2.45, 2.75) is 32.4 Å². The maximum absolute atomic E-state index is 11.6. The second-order valence-corrected chi connectivity index (χ2v) is 4.96. The van der Waals surface area contributed by atoms with Gasteiger partial charge in [-0.2, -0.15) is 0 Å². The van der Waals surface area contributed by atoms with Crippen molar-refractivity contribution in [3.05, 3.63) is 34.4 Å². The van der Waals surface area contributed by atoms with Gasteiger partial charge in [0.2, 0.25) is 0 Å². The molecule has 4 nitrogen and oxygen atoms in total. The van der Waals surface area contributed by atoms with Gasteiger partial charge in [-0.3, -0.25) is 4.21 Å². The molecule has 1 rings (SSSR count). The Hall–Kier alpha value is -1.20. The second-order valence-electron chi connectivity index (χ2n) is 4.07. The SMILES string of the molecule is CCCc1ccc(C(=O)OC)c(C)c1CS(=O)[O-]. The highest BCUT2D eigenvalue weighted by Crippen LogP contribution is 2.22. The Labute approximate surface area is 110 Å². The van der Waals surface area contributed by atoms with Crippen molar-refractivity contribution in [2.24, 2.45) is 0 Å². The molecule has 5 heteroatoms. The van der Waals surface area contributed by atoms with E-state index in [2.05, 4.69) is 4.74 Å². The summed E-state index contributed by atoms with van der Waals surface area (Å²) in [6.07, 6.45) is 1.73. The number of carbonyl (C=O) groups excluding carboxylic acids is 1. The largest absolute Gasteiger partial charge is 0.772 e. The minimum atomic E-state index is -2.17. The third-order valence-corrected chi connectivity index (χ3v) is 3.41. The smallest absolute Gasteiger partial charge is 0.338 e. The summed E-state index contributed by atoms with van der Waals surface area (Å²) in [6, 6.07) is 3.51. The van der Waals surface area contributed by atoms with Crippen LogP contribution in [0, 0.1) is 6.92 Å². The van der Waals surface area contributed by atoms with E-state index in [4.69, 9.17) is 0 Å². The molecular weight excluding hydrogens is 252 g/mol. The van der Waals surface area contributed by atoms with E-state index in [1.54, 1.807) is 13.0 Å². The third-order valence-electron chi connectivity index (χ3n) is 2.88. The van der Waals surface area contributed by atoms with E-state index in [9.17, 15) is 13.6 Å². The summed E-state index contributed by atoms with van der Waals surface area (Å²) >= 11 is -2.17. The molecule has 0 saturated carbocycles. The van der Waals surface area contributed by atoms with Crippen molar-refractivity contribution < 1.29 is 18.3 Å². The quantitative estimate of drug-likeness (QED) is 0.606. The number of aryl methyl sites for hydroxylation is 1. The molecule has 18 heavy (non-hydrogen) atoms. The first-order valence-electron chi connectivity index (χ1n) is 5.76. The zero-order chi connectivity index (χ0) is 13.7. The van der Waals surface area contributed by atoms with E-state index in [1.807, 2.05) is 13.0 Å². The molecule has 0 fully saturated rings.